The second kappa shape index (κ2) is 12.7. The van der Waals surface area contributed by atoms with Crippen molar-refractivity contribution in [2.75, 3.05) is 16.8 Å². The maximum atomic E-state index is 12.9. The topological polar surface area (TPSA) is 125 Å². The average molecular weight is 546 g/mol. The van der Waals surface area contributed by atoms with Gasteiger partial charge < -0.3 is 5.32 Å². The van der Waals surface area contributed by atoms with Crippen molar-refractivity contribution in [2.24, 2.45) is 5.10 Å². The lowest BCUT2D eigenvalue weighted by molar-refractivity contribution is 0.0956. The first-order chi connectivity index (χ1) is 17.1. The molecule has 0 aromatic heterocycles. The van der Waals surface area contributed by atoms with Gasteiger partial charge in [-0.25, -0.2) is 5.43 Å². The standard InChI is InChI=1S/C25H24ClN3O5S2/c1-17-5-7-18(8-6-17)15-27-29-25(31)22-14-21(26)9-10-23(22)28-24(30)20-4-2-3-19(13-20)16-35-11-12-36(32,33)34/h2-10,13-15H,11-12,16H2,1H3,(H,28,30)(H,29,31)(H,32,33,34)/b27-15+. The minimum absolute atomic E-state index is 0.147. The molecule has 0 heterocycles. The minimum atomic E-state index is -4.01. The molecule has 36 heavy (non-hydrogen) atoms. The molecule has 0 atom stereocenters. The number of aryl methyl sites for hydroxylation is 1. The summed E-state index contributed by atoms with van der Waals surface area (Å²) in [7, 11) is -4.01. The molecule has 0 aliphatic carbocycles. The predicted molar refractivity (Wildman–Crippen MR) is 145 cm³/mol. The summed E-state index contributed by atoms with van der Waals surface area (Å²) in [4.78, 5) is 25.6. The Morgan fingerprint density at radius 1 is 1.06 bits per heavy atom. The minimum Gasteiger partial charge on any atom is -0.321 e. The first-order valence-corrected chi connectivity index (χ1v) is 13.9. The van der Waals surface area contributed by atoms with Gasteiger partial charge in [-0.1, -0.05) is 53.6 Å². The molecule has 0 spiro atoms. The fourth-order valence-electron chi connectivity index (χ4n) is 3.04. The van der Waals surface area contributed by atoms with E-state index >= 15 is 0 Å². The van der Waals surface area contributed by atoms with Crippen LogP contribution in [0, 0.1) is 6.92 Å². The van der Waals surface area contributed by atoms with E-state index in [1.165, 1.54) is 30.1 Å². The van der Waals surface area contributed by atoms with Crippen molar-refractivity contribution in [3.8, 4) is 0 Å². The fraction of sp³-hybridized carbons (Fsp3) is 0.160. The second-order valence-corrected chi connectivity index (χ2v) is 10.9. The van der Waals surface area contributed by atoms with Gasteiger partial charge in [0.25, 0.3) is 21.9 Å². The molecular formula is C25H24ClN3O5S2. The van der Waals surface area contributed by atoms with Crippen molar-refractivity contribution >= 4 is 57.2 Å². The number of rotatable bonds is 10. The Morgan fingerprint density at radius 3 is 2.53 bits per heavy atom. The Bertz CT molecular complexity index is 1380. The maximum absolute atomic E-state index is 12.9. The number of nitrogens with zero attached hydrogens (tertiary/aromatic N) is 1. The first kappa shape index (κ1) is 27.4. The van der Waals surface area contributed by atoms with Gasteiger partial charge in [0.05, 0.1) is 23.2 Å². The lowest BCUT2D eigenvalue weighted by Crippen LogP contribution is -2.21. The molecule has 3 N–H and O–H groups in total. The van der Waals surface area contributed by atoms with E-state index in [1.54, 1.807) is 24.3 Å². The number of hydrazone groups is 1. The van der Waals surface area contributed by atoms with Gasteiger partial charge in [0.2, 0.25) is 0 Å². The molecule has 0 saturated heterocycles. The Morgan fingerprint density at radius 2 is 1.81 bits per heavy atom. The number of halogens is 1. The van der Waals surface area contributed by atoms with E-state index in [1.807, 2.05) is 37.3 Å². The first-order valence-electron chi connectivity index (χ1n) is 10.7. The van der Waals surface area contributed by atoms with Gasteiger partial charge in [0, 0.05) is 22.1 Å². The number of amides is 2. The van der Waals surface area contributed by atoms with Gasteiger partial charge in [-0.3, -0.25) is 14.1 Å². The van der Waals surface area contributed by atoms with Crippen LogP contribution in [0.25, 0.3) is 0 Å². The zero-order valence-corrected chi connectivity index (χ0v) is 21.7. The third-order valence-electron chi connectivity index (χ3n) is 4.88. The van der Waals surface area contributed by atoms with Crippen molar-refractivity contribution in [3.63, 3.8) is 0 Å². The molecule has 0 aliphatic heterocycles. The maximum Gasteiger partial charge on any atom is 0.273 e. The summed E-state index contributed by atoms with van der Waals surface area (Å²) in [5.74, 6) is -0.622. The highest BCUT2D eigenvalue weighted by molar-refractivity contribution is 7.99. The predicted octanol–water partition coefficient (Wildman–Crippen LogP) is 4.79. The zero-order chi connectivity index (χ0) is 26.1. The monoisotopic (exact) mass is 545 g/mol. The van der Waals surface area contributed by atoms with Gasteiger partial charge in [0.15, 0.2) is 0 Å². The van der Waals surface area contributed by atoms with Crippen LogP contribution in [-0.2, 0) is 15.9 Å². The van der Waals surface area contributed by atoms with Crippen molar-refractivity contribution in [2.45, 2.75) is 12.7 Å². The van der Waals surface area contributed by atoms with E-state index in [4.69, 9.17) is 16.2 Å². The van der Waals surface area contributed by atoms with Crippen molar-refractivity contribution in [1.82, 2.24) is 5.43 Å². The molecule has 8 nitrogen and oxygen atoms in total. The van der Waals surface area contributed by atoms with E-state index in [0.29, 0.717) is 16.3 Å². The normalized spacial score (nSPS) is 11.4. The quantitative estimate of drug-likeness (QED) is 0.146. The highest BCUT2D eigenvalue weighted by Gasteiger charge is 2.15. The summed E-state index contributed by atoms with van der Waals surface area (Å²) in [6, 6.07) is 19.0. The van der Waals surface area contributed by atoms with Crippen LogP contribution >= 0.6 is 23.4 Å². The van der Waals surface area contributed by atoms with Gasteiger partial charge in [0.1, 0.15) is 0 Å². The molecule has 0 fully saturated rings. The molecule has 11 heteroatoms. The van der Waals surface area contributed by atoms with E-state index in [0.717, 1.165) is 16.7 Å². The largest absolute Gasteiger partial charge is 0.321 e. The Hall–Kier alpha value is -3.18. The lowest BCUT2D eigenvalue weighted by atomic mass is 10.1. The molecule has 3 aromatic carbocycles. The van der Waals surface area contributed by atoms with E-state index in [2.05, 4.69) is 15.8 Å². The SMILES string of the molecule is Cc1ccc(/C=N/NC(=O)c2cc(Cl)ccc2NC(=O)c2cccc(CSCCS(=O)(=O)O)c2)cc1. The van der Waals surface area contributed by atoms with Gasteiger partial charge in [-0.15, -0.1) is 0 Å². The number of nitrogens with one attached hydrogen (secondary N) is 2. The third-order valence-corrected chi connectivity index (χ3v) is 7.12. The summed E-state index contributed by atoms with van der Waals surface area (Å²) in [5.41, 5.74) is 5.95. The van der Waals surface area contributed by atoms with Crippen LogP contribution in [0.4, 0.5) is 5.69 Å². The van der Waals surface area contributed by atoms with Crippen LogP contribution in [0.3, 0.4) is 0 Å². The molecule has 0 bridgehead atoms. The van der Waals surface area contributed by atoms with Crippen molar-refractivity contribution in [3.05, 3.63) is 99.6 Å². The number of carbonyl (C=O) groups is 2. The van der Waals surface area contributed by atoms with Gasteiger partial charge in [-0.05, 0) is 48.4 Å². The number of carbonyl (C=O) groups excluding carboxylic acids is 2. The van der Waals surface area contributed by atoms with Crippen molar-refractivity contribution < 1.29 is 22.6 Å². The van der Waals surface area contributed by atoms with Crippen molar-refractivity contribution in [1.29, 1.82) is 0 Å². The average Bonchev–Trinajstić information content (AvgIpc) is 2.83. The summed E-state index contributed by atoms with van der Waals surface area (Å²) in [6.07, 6.45) is 1.51. The van der Waals surface area contributed by atoms with Crippen LogP contribution in [0.2, 0.25) is 5.02 Å². The fourth-order valence-corrected chi connectivity index (χ4v) is 5.09. The van der Waals surface area contributed by atoms with E-state index in [9.17, 15) is 18.0 Å². The molecule has 0 aliphatic rings. The molecule has 188 valence electrons. The summed E-state index contributed by atoms with van der Waals surface area (Å²) < 4.78 is 30.5. The molecule has 0 saturated carbocycles. The van der Waals surface area contributed by atoms with Gasteiger partial charge in [-0.2, -0.15) is 25.3 Å². The second-order valence-electron chi connectivity index (χ2n) is 7.79. The summed E-state index contributed by atoms with van der Waals surface area (Å²) >= 11 is 7.40. The highest BCUT2D eigenvalue weighted by Crippen LogP contribution is 2.22. The van der Waals surface area contributed by atoms with Crippen LogP contribution < -0.4 is 10.7 Å². The Kier molecular flexibility index (Phi) is 9.65. The lowest BCUT2D eigenvalue weighted by Gasteiger charge is -2.11. The molecule has 2 amide bonds. The van der Waals surface area contributed by atoms with Crippen LogP contribution in [-0.4, -0.2) is 42.5 Å². The molecule has 0 radical (unpaired) electrons. The molecule has 3 rings (SSSR count). The number of anilines is 1. The highest BCUT2D eigenvalue weighted by atomic mass is 35.5. The van der Waals surface area contributed by atoms with Crippen LogP contribution in [0.5, 0.6) is 0 Å². The van der Waals surface area contributed by atoms with Crippen LogP contribution in [0.15, 0.2) is 71.8 Å². The molecule has 0 unspecified atom stereocenters. The summed E-state index contributed by atoms with van der Waals surface area (Å²) in [5, 5.41) is 7.04. The number of hydrogen-bond acceptors (Lipinski definition) is 6. The number of thioether (sulfide) groups is 1. The number of benzene rings is 3. The van der Waals surface area contributed by atoms with Gasteiger partial charge >= 0.3 is 0 Å². The molecule has 3 aromatic rings. The Balaban J connectivity index is 1.67. The number of hydrogen-bond donors (Lipinski definition) is 3. The van der Waals surface area contributed by atoms with Crippen LogP contribution in [0.1, 0.15) is 37.4 Å². The van der Waals surface area contributed by atoms with E-state index < -0.39 is 21.9 Å². The smallest absolute Gasteiger partial charge is 0.273 e. The third kappa shape index (κ3) is 8.80. The summed E-state index contributed by atoms with van der Waals surface area (Å²) in [6.45, 7) is 1.97. The Labute approximate surface area is 218 Å². The zero-order valence-electron chi connectivity index (χ0n) is 19.3. The molecular weight excluding hydrogens is 522 g/mol. The van der Waals surface area contributed by atoms with E-state index in [-0.39, 0.29) is 22.8 Å².